The number of fused-ring (bicyclic) bond motifs is 1. The Balaban J connectivity index is 1.44. The summed E-state index contributed by atoms with van der Waals surface area (Å²) in [5, 5.41) is 5.01. The molecule has 0 atom stereocenters. The van der Waals surface area contributed by atoms with Crippen LogP contribution in [0.2, 0.25) is 0 Å². The van der Waals surface area contributed by atoms with Gasteiger partial charge in [0.25, 0.3) is 0 Å². The molecule has 4 rings (SSSR count). The van der Waals surface area contributed by atoms with Crippen molar-refractivity contribution < 1.29 is 14.3 Å². The minimum absolute atomic E-state index is 0.0707. The summed E-state index contributed by atoms with van der Waals surface area (Å²) in [7, 11) is 0. The molecule has 0 saturated carbocycles. The fourth-order valence-corrected chi connectivity index (χ4v) is 4.22. The number of benzene rings is 1. The molecule has 164 valence electrons. The first-order valence-electron chi connectivity index (χ1n) is 10.4. The highest BCUT2D eigenvalue weighted by molar-refractivity contribution is 7.07. The fraction of sp³-hybridized carbons (Fsp3) is 0.455. The van der Waals surface area contributed by atoms with Gasteiger partial charge in [0.1, 0.15) is 5.60 Å². The van der Waals surface area contributed by atoms with E-state index in [0.29, 0.717) is 38.4 Å². The highest BCUT2D eigenvalue weighted by atomic mass is 32.1. The number of hydrogen-bond donors (Lipinski definition) is 1. The van der Waals surface area contributed by atoms with Gasteiger partial charge in [-0.2, -0.15) is 0 Å². The molecule has 2 aromatic heterocycles. The van der Waals surface area contributed by atoms with Gasteiger partial charge in [-0.1, -0.05) is 12.1 Å². The van der Waals surface area contributed by atoms with Crippen LogP contribution in [0.1, 0.15) is 39.3 Å². The summed E-state index contributed by atoms with van der Waals surface area (Å²) in [6, 6.07) is 7.81. The topological polar surface area (TPSA) is 89.4 Å². The van der Waals surface area contributed by atoms with Crippen molar-refractivity contribution in [2.75, 3.05) is 18.4 Å². The Hall–Kier alpha value is -2.94. The fourth-order valence-electron chi connectivity index (χ4n) is 3.67. The van der Waals surface area contributed by atoms with Crippen molar-refractivity contribution in [1.82, 2.24) is 19.4 Å². The molecule has 2 amide bonds. The summed E-state index contributed by atoms with van der Waals surface area (Å²) in [6.07, 6.45) is 0.867. The van der Waals surface area contributed by atoms with E-state index in [1.165, 1.54) is 0 Å². The third-order valence-corrected chi connectivity index (χ3v) is 5.85. The summed E-state index contributed by atoms with van der Waals surface area (Å²) < 4.78 is 7.42. The molecule has 0 aliphatic carbocycles. The van der Waals surface area contributed by atoms with Gasteiger partial charge in [-0.05, 0) is 45.7 Å². The molecule has 0 bridgehead atoms. The van der Waals surface area contributed by atoms with Crippen LogP contribution in [-0.4, -0.2) is 50.1 Å². The number of piperidine rings is 1. The van der Waals surface area contributed by atoms with Crippen molar-refractivity contribution in [2.24, 2.45) is 5.92 Å². The van der Waals surface area contributed by atoms with E-state index in [4.69, 9.17) is 4.74 Å². The predicted octanol–water partition coefficient (Wildman–Crippen LogP) is 4.13. The first-order valence-corrected chi connectivity index (χ1v) is 11.4. The molecule has 31 heavy (non-hydrogen) atoms. The van der Waals surface area contributed by atoms with Crippen LogP contribution in [0.25, 0.3) is 11.0 Å². The molecule has 1 saturated heterocycles. The van der Waals surface area contributed by atoms with Gasteiger partial charge in [-0.15, -0.1) is 11.3 Å². The average Bonchev–Trinajstić information content (AvgIpc) is 3.35. The van der Waals surface area contributed by atoms with Gasteiger partial charge in [-0.25, -0.2) is 14.8 Å². The molecular formula is C22H27N5O3S. The molecule has 1 aliphatic rings. The van der Waals surface area contributed by atoms with E-state index < -0.39 is 5.60 Å². The van der Waals surface area contributed by atoms with Crippen molar-refractivity contribution in [3.63, 3.8) is 0 Å². The lowest BCUT2D eigenvalue weighted by Gasteiger charge is -2.32. The van der Waals surface area contributed by atoms with Crippen molar-refractivity contribution in [1.29, 1.82) is 0 Å². The quantitative estimate of drug-likeness (QED) is 0.658. The molecule has 3 heterocycles. The third kappa shape index (κ3) is 5.04. The van der Waals surface area contributed by atoms with Crippen molar-refractivity contribution >= 4 is 40.3 Å². The number of rotatable bonds is 4. The van der Waals surface area contributed by atoms with E-state index >= 15 is 0 Å². The number of para-hydroxylation sites is 2. The molecule has 1 fully saturated rings. The molecule has 1 aliphatic heterocycles. The van der Waals surface area contributed by atoms with E-state index in [2.05, 4.69) is 15.3 Å². The monoisotopic (exact) mass is 441 g/mol. The first-order chi connectivity index (χ1) is 14.8. The molecule has 3 aromatic rings. The van der Waals surface area contributed by atoms with Gasteiger partial charge in [0, 0.05) is 24.4 Å². The number of imidazole rings is 1. The Morgan fingerprint density at radius 1 is 1.23 bits per heavy atom. The van der Waals surface area contributed by atoms with Gasteiger partial charge in [-0.3, -0.25) is 10.1 Å². The van der Waals surface area contributed by atoms with Crippen LogP contribution >= 0.6 is 11.3 Å². The number of hydrogen-bond acceptors (Lipinski definition) is 6. The van der Waals surface area contributed by atoms with Gasteiger partial charge >= 0.3 is 6.09 Å². The molecule has 0 unspecified atom stereocenters. The maximum absolute atomic E-state index is 13.0. The van der Waals surface area contributed by atoms with E-state index in [-0.39, 0.29) is 17.9 Å². The molecule has 9 heteroatoms. The standard InChI is InChI=1S/C22H27N5O3S/c1-22(2,3)30-21(29)26-10-8-15(9-11-26)19(28)25-20-24-17-6-4-5-7-18(17)27(20)12-16-13-31-14-23-16/h4-7,13-15H,8-12H2,1-3H3,(H,24,25,28). The second-order valence-corrected chi connectivity index (χ2v) is 9.44. The lowest BCUT2D eigenvalue weighted by atomic mass is 9.96. The summed E-state index contributed by atoms with van der Waals surface area (Å²) in [6.45, 7) is 7.09. The summed E-state index contributed by atoms with van der Waals surface area (Å²) in [4.78, 5) is 35.9. The zero-order valence-electron chi connectivity index (χ0n) is 18.0. The van der Waals surface area contributed by atoms with E-state index in [9.17, 15) is 9.59 Å². The number of carbonyl (C=O) groups excluding carboxylic acids is 2. The predicted molar refractivity (Wildman–Crippen MR) is 120 cm³/mol. The highest BCUT2D eigenvalue weighted by Gasteiger charge is 2.30. The zero-order chi connectivity index (χ0) is 22.0. The smallest absolute Gasteiger partial charge is 0.410 e. The van der Waals surface area contributed by atoms with E-state index in [0.717, 1.165) is 16.7 Å². The van der Waals surface area contributed by atoms with Crippen molar-refractivity contribution in [2.45, 2.75) is 45.8 Å². The van der Waals surface area contributed by atoms with E-state index in [1.807, 2.05) is 55.0 Å². The van der Waals surface area contributed by atoms with Crippen LogP contribution in [0, 0.1) is 5.92 Å². The summed E-state index contributed by atoms with van der Waals surface area (Å²) in [5.41, 5.74) is 3.97. The normalized spacial score (nSPS) is 15.3. The lowest BCUT2D eigenvalue weighted by Crippen LogP contribution is -2.43. The minimum Gasteiger partial charge on any atom is -0.444 e. The number of nitrogens with zero attached hydrogens (tertiary/aromatic N) is 4. The largest absolute Gasteiger partial charge is 0.444 e. The molecule has 0 spiro atoms. The van der Waals surface area contributed by atoms with Crippen molar-refractivity contribution in [3.8, 4) is 0 Å². The SMILES string of the molecule is CC(C)(C)OC(=O)N1CCC(C(=O)Nc2nc3ccccc3n2Cc2cscn2)CC1. The second kappa shape index (κ2) is 8.66. The molecule has 1 N–H and O–H groups in total. The minimum atomic E-state index is -0.526. The average molecular weight is 442 g/mol. The number of aromatic nitrogens is 3. The Morgan fingerprint density at radius 2 is 1.97 bits per heavy atom. The summed E-state index contributed by atoms with van der Waals surface area (Å²) in [5.74, 6) is 0.277. The Bertz CT molecular complexity index is 1060. The number of thiazole rings is 1. The molecular weight excluding hydrogens is 414 g/mol. The Morgan fingerprint density at radius 3 is 2.65 bits per heavy atom. The molecule has 8 nitrogen and oxygen atoms in total. The van der Waals surface area contributed by atoms with Crippen LogP contribution in [0.4, 0.5) is 10.7 Å². The number of anilines is 1. The lowest BCUT2D eigenvalue weighted by molar-refractivity contribution is -0.121. The van der Waals surface area contributed by atoms with Crippen LogP contribution in [0.5, 0.6) is 0 Å². The molecule has 0 radical (unpaired) electrons. The number of nitrogens with one attached hydrogen (secondary N) is 1. The number of amides is 2. The highest BCUT2D eigenvalue weighted by Crippen LogP contribution is 2.24. The summed E-state index contributed by atoms with van der Waals surface area (Å²) >= 11 is 1.54. The Kier molecular flexibility index (Phi) is 5.95. The zero-order valence-corrected chi connectivity index (χ0v) is 18.8. The van der Waals surface area contributed by atoms with Crippen LogP contribution in [-0.2, 0) is 16.1 Å². The maximum atomic E-state index is 13.0. The van der Waals surface area contributed by atoms with Gasteiger partial charge in [0.2, 0.25) is 11.9 Å². The van der Waals surface area contributed by atoms with Gasteiger partial charge in [0.15, 0.2) is 0 Å². The van der Waals surface area contributed by atoms with Crippen LogP contribution in [0.15, 0.2) is 35.2 Å². The van der Waals surface area contributed by atoms with E-state index in [1.54, 1.807) is 21.7 Å². The van der Waals surface area contributed by atoms with Crippen molar-refractivity contribution in [3.05, 3.63) is 40.8 Å². The number of likely N-dealkylation sites (tertiary alicyclic amines) is 1. The third-order valence-electron chi connectivity index (χ3n) is 5.21. The van der Waals surface area contributed by atoms with Crippen LogP contribution in [0.3, 0.4) is 0 Å². The molecule has 1 aromatic carbocycles. The second-order valence-electron chi connectivity index (χ2n) is 8.72. The maximum Gasteiger partial charge on any atom is 0.410 e. The van der Waals surface area contributed by atoms with Gasteiger partial charge in [0.05, 0.1) is 28.8 Å². The number of carbonyl (C=O) groups is 2. The number of ether oxygens (including phenoxy) is 1. The van der Waals surface area contributed by atoms with Gasteiger partial charge < -0.3 is 14.2 Å². The first kappa shape index (κ1) is 21.3. The Labute approximate surface area is 185 Å². The van der Waals surface area contributed by atoms with Crippen LogP contribution < -0.4 is 5.32 Å².